The van der Waals surface area contributed by atoms with Gasteiger partial charge in [0.25, 0.3) is 0 Å². The number of rotatable bonds is 3. The number of furan rings is 1. The monoisotopic (exact) mass is 361 g/mol. The predicted molar refractivity (Wildman–Crippen MR) is 88.3 cm³/mol. The summed E-state index contributed by atoms with van der Waals surface area (Å²) in [6.45, 7) is 2.50. The summed E-state index contributed by atoms with van der Waals surface area (Å²) in [5.41, 5.74) is 1.00. The Morgan fingerprint density at radius 3 is 2.55 bits per heavy atom. The fraction of sp³-hybridized carbons (Fsp3) is 0.235. The lowest BCUT2D eigenvalue weighted by Gasteiger charge is -2.25. The van der Waals surface area contributed by atoms with Crippen LogP contribution in [-0.4, -0.2) is 37.1 Å². The summed E-state index contributed by atoms with van der Waals surface area (Å²) in [6, 6.07) is 11.7. The van der Waals surface area contributed by atoms with E-state index in [4.69, 9.17) is 9.15 Å². The fourth-order valence-electron chi connectivity index (χ4n) is 2.25. The smallest absolute Gasteiger partial charge is 0.246 e. The molecule has 114 valence electrons. The maximum atomic E-state index is 12.0. The Hall–Kier alpha value is -1.85. The molecule has 2 aromatic rings. The van der Waals surface area contributed by atoms with Crippen LogP contribution < -0.4 is 0 Å². The van der Waals surface area contributed by atoms with Crippen molar-refractivity contribution in [2.75, 3.05) is 26.3 Å². The van der Waals surface area contributed by atoms with E-state index in [1.54, 1.807) is 17.1 Å². The van der Waals surface area contributed by atoms with E-state index >= 15 is 0 Å². The Balaban J connectivity index is 1.67. The van der Waals surface area contributed by atoms with Crippen molar-refractivity contribution < 1.29 is 13.9 Å². The van der Waals surface area contributed by atoms with Gasteiger partial charge in [0.2, 0.25) is 5.91 Å². The number of ether oxygens (including phenoxy) is 1. The third-order valence-corrected chi connectivity index (χ3v) is 4.00. The van der Waals surface area contributed by atoms with Crippen LogP contribution in [0.3, 0.4) is 0 Å². The van der Waals surface area contributed by atoms with Crippen molar-refractivity contribution in [2.45, 2.75) is 0 Å². The van der Waals surface area contributed by atoms with Crippen LogP contribution in [0.25, 0.3) is 17.4 Å². The van der Waals surface area contributed by atoms with E-state index in [-0.39, 0.29) is 5.91 Å². The Morgan fingerprint density at radius 1 is 1.09 bits per heavy atom. The molecule has 1 saturated heterocycles. The normalized spacial score (nSPS) is 15.4. The van der Waals surface area contributed by atoms with Crippen LogP contribution in [0.2, 0.25) is 0 Å². The van der Waals surface area contributed by atoms with E-state index < -0.39 is 0 Å². The van der Waals surface area contributed by atoms with Gasteiger partial charge in [0.05, 0.1) is 13.2 Å². The number of hydrogen-bond acceptors (Lipinski definition) is 3. The Labute approximate surface area is 137 Å². The Bertz CT molecular complexity index is 669. The molecule has 1 aliphatic rings. The molecule has 0 atom stereocenters. The highest BCUT2D eigenvalue weighted by atomic mass is 79.9. The van der Waals surface area contributed by atoms with Gasteiger partial charge in [0, 0.05) is 29.2 Å². The maximum Gasteiger partial charge on any atom is 0.246 e. The van der Waals surface area contributed by atoms with Crippen molar-refractivity contribution in [3.63, 3.8) is 0 Å². The number of hydrogen-bond donors (Lipinski definition) is 0. The summed E-state index contributed by atoms with van der Waals surface area (Å²) in [5.74, 6) is 1.44. The van der Waals surface area contributed by atoms with Gasteiger partial charge < -0.3 is 14.1 Å². The van der Waals surface area contributed by atoms with Crippen molar-refractivity contribution >= 4 is 27.9 Å². The number of morpholine rings is 1. The van der Waals surface area contributed by atoms with Crippen LogP contribution in [0.4, 0.5) is 0 Å². The second-order valence-corrected chi connectivity index (χ2v) is 5.90. The molecule has 2 heterocycles. The summed E-state index contributed by atoms with van der Waals surface area (Å²) < 4.78 is 12.0. The molecular weight excluding hydrogens is 346 g/mol. The topological polar surface area (TPSA) is 42.7 Å². The number of carbonyl (C=O) groups is 1. The summed E-state index contributed by atoms with van der Waals surface area (Å²) in [7, 11) is 0. The zero-order valence-electron chi connectivity index (χ0n) is 12.0. The first kappa shape index (κ1) is 15.1. The maximum absolute atomic E-state index is 12.0. The highest BCUT2D eigenvalue weighted by Gasteiger charge is 2.14. The average molecular weight is 362 g/mol. The molecule has 1 aromatic heterocycles. The highest BCUT2D eigenvalue weighted by Crippen LogP contribution is 2.24. The van der Waals surface area contributed by atoms with Crippen molar-refractivity contribution in [3.05, 3.63) is 52.7 Å². The number of nitrogens with zero attached hydrogens (tertiary/aromatic N) is 1. The quantitative estimate of drug-likeness (QED) is 0.784. The Morgan fingerprint density at radius 2 is 1.82 bits per heavy atom. The lowest BCUT2D eigenvalue weighted by Crippen LogP contribution is -2.39. The minimum absolute atomic E-state index is 0.00936. The third-order valence-electron chi connectivity index (χ3n) is 3.47. The molecule has 0 N–H and O–H groups in total. The van der Waals surface area contributed by atoms with Gasteiger partial charge in [-0.3, -0.25) is 4.79 Å². The Kier molecular flexibility index (Phi) is 4.75. The number of benzene rings is 1. The summed E-state index contributed by atoms with van der Waals surface area (Å²) in [6.07, 6.45) is 3.26. The van der Waals surface area contributed by atoms with Gasteiger partial charge in [-0.05, 0) is 30.3 Å². The van der Waals surface area contributed by atoms with Crippen molar-refractivity contribution in [1.29, 1.82) is 0 Å². The first-order valence-electron chi connectivity index (χ1n) is 7.13. The number of amides is 1. The summed E-state index contributed by atoms with van der Waals surface area (Å²) in [5, 5.41) is 0. The minimum atomic E-state index is -0.00936. The molecular formula is C17H16BrNO3. The van der Waals surface area contributed by atoms with Crippen LogP contribution in [0.15, 0.2) is 51.4 Å². The number of halogens is 1. The van der Waals surface area contributed by atoms with Crippen LogP contribution in [-0.2, 0) is 9.53 Å². The molecule has 1 aliphatic heterocycles. The molecule has 1 aromatic carbocycles. The molecule has 4 nitrogen and oxygen atoms in total. The summed E-state index contributed by atoms with van der Waals surface area (Å²) in [4.78, 5) is 13.8. The zero-order chi connectivity index (χ0) is 15.4. The van der Waals surface area contributed by atoms with E-state index in [1.165, 1.54) is 0 Å². The van der Waals surface area contributed by atoms with Crippen LogP contribution >= 0.6 is 15.9 Å². The first-order chi connectivity index (χ1) is 10.7. The molecule has 1 fully saturated rings. The molecule has 22 heavy (non-hydrogen) atoms. The van der Waals surface area contributed by atoms with Gasteiger partial charge in [0.1, 0.15) is 11.5 Å². The molecule has 0 saturated carbocycles. The molecule has 0 aliphatic carbocycles. The average Bonchev–Trinajstić information content (AvgIpc) is 3.03. The van der Waals surface area contributed by atoms with E-state index in [0.717, 1.165) is 15.8 Å². The molecule has 5 heteroatoms. The van der Waals surface area contributed by atoms with Gasteiger partial charge >= 0.3 is 0 Å². The molecule has 3 rings (SSSR count). The second-order valence-electron chi connectivity index (χ2n) is 4.98. The van der Waals surface area contributed by atoms with Crippen molar-refractivity contribution in [2.24, 2.45) is 0 Å². The van der Waals surface area contributed by atoms with Gasteiger partial charge in [0.15, 0.2) is 0 Å². The number of carbonyl (C=O) groups excluding carboxylic acids is 1. The third kappa shape index (κ3) is 3.67. The van der Waals surface area contributed by atoms with E-state index in [0.29, 0.717) is 32.1 Å². The van der Waals surface area contributed by atoms with Gasteiger partial charge in [-0.25, -0.2) is 0 Å². The van der Waals surface area contributed by atoms with Crippen LogP contribution in [0.5, 0.6) is 0 Å². The summed E-state index contributed by atoms with van der Waals surface area (Å²) >= 11 is 3.41. The standard InChI is InChI=1S/C17H16BrNO3/c18-14-3-1-13(2-4-14)16-7-5-15(22-16)6-8-17(20)19-9-11-21-12-10-19/h1-8H,9-12H2. The van der Waals surface area contributed by atoms with Crippen molar-refractivity contribution in [3.8, 4) is 11.3 Å². The SMILES string of the molecule is O=C(C=Cc1ccc(-c2ccc(Br)cc2)o1)N1CCOCC1. The second kappa shape index (κ2) is 6.94. The van der Waals surface area contributed by atoms with Crippen LogP contribution in [0, 0.1) is 0 Å². The lowest BCUT2D eigenvalue weighted by atomic mass is 10.2. The van der Waals surface area contributed by atoms with E-state index in [1.807, 2.05) is 36.4 Å². The van der Waals surface area contributed by atoms with Gasteiger partial charge in [-0.2, -0.15) is 0 Å². The molecule has 1 amide bonds. The molecule has 0 spiro atoms. The first-order valence-corrected chi connectivity index (χ1v) is 7.92. The van der Waals surface area contributed by atoms with Crippen molar-refractivity contribution in [1.82, 2.24) is 4.90 Å². The predicted octanol–water partition coefficient (Wildman–Crippen LogP) is 3.58. The zero-order valence-corrected chi connectivity index (χ0v) is 13.6. The van der Waals surface area contributed by atoms with E-state index in [9.17, 15) is 4.79 Å². The van der Waals surface area contributed by atoms with Gasteiger partial charge in [-0.15, -0.1) is 0 Å². The minimum Gasteiger partial charge on any atom is -0.457 e. The van der Waals surface area contributed by atoms with E-state index in [2.05, 4.69) is 15.9 Å². The molecule has 0 unspecified atom stereocenters. The molecule has 0 radical (unpaired) electrons. The fourth-order valence-corrected chi connectivity index (χ4v) is 2.52. The van der Waals surface area contributed by atoms with Gasteiger partial charge in [-0.1, -0.05) is 28.1 Å². The highest BCUT2D eigenvalue weighted by molar-refractivity contribution is 9.10. The van der Waals surface area contributed by atoms with Crippen LogP contribution in [0.1, 0.15) is 5.76 Å². The molecule has 0 bridgehead atoms. The lowest BCUT2D eigenvalue weighted by molar-refractivity contribution is -0.129. The largest absolute Gasteiger partial charge is 0.457 e.